The molecule has 0 aliphatic carbocycles. The van der Waals surface area contributed by atoms with Crippen molar-refractivity contribution in [3.63, 3.8) is 0 Å². The fraction of sp³-hybridized carbons (Fsp3) is 0.133. The molecular weight excluding hydrogens is 279 g/mol. The molecule has 104 valence electrons. The molecule has 2 N–H and O–H groups in total. The molecule has 5 heteroatoms. The number of benzene rings is 2. The third-order valence-electron chi connectivity index (χ3n) is 2.70. The van der Waals surface area contributed by atoms with E-state index in [-0.39, 0.29) is 10.9 Å². The van der Waals surface area contributed by atoms with Crippen molar-refractivity contribution in [3.8, 4) is 0 Å². The van der Waals surface area contributed by atoms with Gasteiger partial charge in [0.2, 0.25) is 5.91 Å². The second-order valence-electron chi connectivity index (χ2n) is 4.23. The summed E-state index contributed by atoms with van der Waals surface area (Å²) >= 11 is 5.72. The Balaban J connectivity index is 2.06. The van der Waals surface area contributed by atoms with E-state index in [9.17, 15) is 9.18 Å². The first kappa shape index (κ1) is 14.3. The quantitative estimate of drug-likeness (QED) is 0.866. The second-order valence-corrected chi connectivity index (χ2v) is 4.64. The van der Waals surface area contributed by atoms with E-state index < -0.39 is 5.82 Å². The number of amides is 1. The number of hydrogen-bond acceptors (Lipinski definition) is 2. The van der Waals surface area contributed by atoms with Crippen LogP contribution in [0.15, 0.2) is 42.5 Å². The van der Waals surface area contributed by atoms with E-state index in [0.717, 1.165) is 11.4 Å². The van der Waals surface area contributed by atoms with Gasteiger partial charge < -0.3 is 10.6 Å². The van der Waals surface area contributed by atoms with Crippen LogP contribution in [-0.2, 0) is 4.79 Å². The molecule has 0 radical (unpaired) electrons. The summed E-state index contributed by atoms with van der Waals surface area (Å²) in [4.78, 5) is 11.2. The van der Waals surface area contributed by atoms with Crippen LogP contribution in [0.4, 0.5) is 21.5 Å². The number of rotatable bonds is 4. The lowest BCUT2D eigenvalue weighted by atomic mass is 10.2. The van der Waals surface area contributed by atoms with Crippen LogP contribution in [0.5, 0.6) is 0 Å². The average molecular weight is 293 g/mol. The number of halogens is 2. The third kappa shape index (κ3) is 3.71. The minimum atomic E-state index is -0.449. The predicted molar refractivity (Wildman–Crippen MR) is 80.1 cm³/mol. The molecule has 2 aromatic carbocycles. The Morgan fingerprint density at radius 3 is 2.30 bits per heavy atom. The molecule has 0 spiro atoms. The standard InChI is InChI=1S/C15H14ClFN2O/c1-2-15(20)19-11-5-3-10(4-6-11)18-12-7-8-14(17)13(16)9-12/h3-9,18H,2H2,1H3,(H,19,20). The minimum absolute atomic E-state index is 0.0315. The monoisotopic (exact) mass is 292 g/mol. The van der Waals surface area contributed by atoms with Crippen LogP contribution in [0.1, 0.15) is 13.3 Å². The van der Waals surface area contributed by atoms with Crippen LogP contribution in [-0.4, -0.2) is 5.91 Å². The van der Waals surface area contributed by atoms with Crippen LogP contribution in [0.3, 0.4) is 0 Å². The zero-order chi connectivity index (χ0) is 14.5. The van der Waals surface area contributed by atoms with Gasteiger partial charge in [-0.2, -0.15) is 0 Å². The molecule has 20 heavy (non-hydrogen) atoms. The maximum atomic E-state index is 13.0. The number of carbonyl (C=O) groups is 1. The summed E-state index contributed by atoms with van der Waals surface area (Å²) in [6.45, 7) is 1.80. The van der Waals surface area contributed by atoms with Gasteiger partial charge in [-0.15, -0.1) is 0 Å². The van der Waals surface area contributed by atoms with Crippen LogP contribution < -0.4 is 10.6 Å². The first-order valence-electron chi connectivity index (χ1n) is 6.20. The molecule has 2 aromatic rings. The van der Waals surface area contributed by atoms with Crippen molar-refractivity contribution in [3.05, 3.63) is 53.3 Å². The third-order valence-corrected chi connectivity index (χ3v) is 2.99. The van der Waals surface area contributed by atoms with Gasteiger partial charge in [-0.1, -0.05) is 18.5 Å². The minimum Gasteiger partial charge on any atom is -0.355 e. The fourth-order valence-electron chi connectivity index (χ4n) is 1.63. The largest absolute Gasteiger partial charge is 0.355 e. The van der Waals surface area contributed by atoms with Gasteiger partial charge >= 0.3 is 0 Å². The Morgan fingerprint density at radius 2 is 1.70 bits per heavy atom. The highest BCUT2D eigenvalue weighted by Crippen LogP contribution is 2.23. The highest BCUT2D eigenvalue weighted by molar-refractivity contribution is 6.31. The smallest absolute Gasteiger partial charge is 0.224 e. The Kier molecular flexibility index (Phi) is 4.58. The summed E-state index contributed by atoms with van der Waals surface area (Å²) in [7, 11) is 0. The van der Waals surface area contributed by atoms with Crippen molar-refractivity contribution < 1.29 is 9.18 Å². The van der Waals surface area contributed by atoms with Gasteiger partial charge in [0.25, 0.3) is 0 Å². The van der Waals surface area contributed by atoms with Crippen LogP contribution in [0.2, 0.25) is 5.02 Å². The van der Waals surface area contributed by atoms with Gasteiger partial charge in [-0.05, 0) is 42.5 Å². The van der Waals surface area contributed by atoms with Crippen molar-refractivity contribution in [2.24, 2.45) is 0 Å². The van der Waals surface area contributed by atoms with Gasteiger partial charge in [0.1, 0.15) is 5.82 Å². The lowest BCUT2D eigenvalue weighted by Crippen LogP contribution is -2.09. The van der Waals surface area contributed by atoms with E-state index >= 15 is 0 Å². The Labute approximate surface area is 121 Å². The van der Waals surface area contributed by atoms with Crippen molar-refractivity contribution in [1.29, 1.82) is 0 Å². The highest BCUT2D eigenvalue weighted by atomic mass is 35.5. The van der Waals surface area contributed by atoms with E-state index in [2.05, 4.69) is 10.6 Å². The van der Waals surface area contributed by atoms with Crippen molar-refractivity contribution in [2.75, 3.05) is 10.6 Å². The van der Waals surface area contributed by atoms with E-state index in [4.69, 9.17) is 11.6 Å². The zero-order valence-electron chi connectivity index (χ0n) is 10.9. The predicted octanol–water partition coefficient (Wildman–Crippen LogP) is 4.57. The van der Waals surface area contributed by atoms with Crippen LogP contribution >= 0.6 is 11.6 Å². The van der Waals surface area contributed by atoms with E-state index in [1.165, 1.54) is 12.1 Å². The molecule has 0 fully saturated rings. The molecule has 0 aliphatic rings. The average Bonchev–Trinajstić information content (AvgIpc) is 2.45. The first-order chi connectivity index (χ1) is 9.58. The summed E-state index contributed by atoms with van der Waals surface area (Å²) in [6.07, 6.45) is 0.439. The molecule has 0 bridgehead atoms. The Bertz CT molecular complexity index is 614. The summed E-state index contributed by atoms with van der Waals surface area (Å²) in [6, 6.07) is 11.7. The molecule has 0 aliphatic heterocycles. The molecule has 1 amide bonds. The summed E-state index contributed by atoms with van der Waals surface area (Å²) in [5.74, 6) is -0.481. The van der Waals surface area contributed by atoms with Gasteiger partial charge in [0.05, 0.1) is 5.02 Å². The number of hydrogen-bond donors (Lipinski definition) is 2. The topological polar surface area (TPSA) is 41.1 Å². The lowest BCUT2D eigenvalue weighted by Gasteiger charge is -2.09. The fourth-order valence-corrected chi connectivity index (χ4v) is 1.81. The number of anilines is 3. The highest BCUT2D eigenvalue weighted by Gasteiger charge is 2.02. The van der Waals surface area contributed by atoms with Crippen LogP contribution in [0, 0.1) is 5.82 Å². The van der Waals surface area contributed by atoms with Crippen molar-refractivity contribution in [1.82, 2.24) is 0 Å². The van der Waals surface area contributed by atoms with E-state index in [1.807, 2.05) is 12.1 Å². The summed E-state index contributed by atoms with van der Waals surface area (Å²) in [5.41, 5.74) is 2.25. The first-order valence-corrected chi connectivity index (χ1v) is 6.58. The molecule has 3 nitrogen and oxygen atoms in total. The molecule has 0 saturated carbocycles. The normalized spacial score (nSPS) is 10.2. The molecule has 0 heterocycles. The van der Waals surface area contributed by atoms with Crippen LogP contribution in [0.25, 0.3) is 0 Å². The van der Waals surface area contributed by atoms with Gasteiger partial charge in [0.15, 0.2) is 0 Å². The Hall–Kier alpha value is -2.07. The summed E-state index contributed by atoms with van der Waals surface area (Å²) < 4.78 is 13.0. The maximum absolute atomic E-state index is 13.0. The zero-order valence-corrected chi connectivity index (χ0v) is 11.7. The molecule has 0 unspecified atom stereocenters. The van der Waals surface area contributed by atoms with E-state index in [0.29, 0.717) is 12.1 Å². The molecular formula is C15H14ClFN2O. The molecule has 0 saturated heterocycles. The molecule has 0 aromatic heterocycles. The van der Waals surface area contributed by atoms with Gasteiger partial charge in [-0.25, -0.2) is 4.39 Å². The number of carbonyl (C=O) groups excluding carboxylic acids is 1. The second kappa shape index (κ2) is 6.39. The van der Waals surface area contributed by atoms with Gasteiger partial charge in [-0.3, -0.25) is 4.79 Å². The molecule has 2 rings (SSSR count). The van der Waals surface area contributed by atoms with E-state index in [1.54, 1.807) is 25.1 Å². The lowest BCUT2D eigenvalue weighted by molar-refractivity contribution is -0.115. The SMILES string of the molecule is CCC(=O)Nc1ccc(Nc2ccc(F)c(Cl)c2)cc1. The number of nitrogens with one attached hydrogen (secondary N) is 2. The Morgan fingerprint density at radius 1 is 1.10 bits per heavy atom. The molecule has 0 atom stereocenters. The van der Waals surface area contributed by atoms with Crippen molar-refractivity contribution >= 4 is 34.6 Å². The maximum Gasteiger partial charge on any atom is 0.224 e. The van der Waals surface area contributed by atoms with Gasteiger partial charge in [0, 0.05) is 23.5 Å². The van der Waals surface area contributed by atoms with Crippen molar-refractivity contribution in [2.45, 2.75) is 13.3 Å². The summed E-state index contributed by atoms with van der Waals surface area (Å²) in [5, 5.41) is 5.94.